The van der Waals surface area contributed by atoms with Crippen LogP contribution in [0.4, 0.5) is 0 Å². The quantitative estimate of drug-likeness (QED) is 0.720. The van der Waals surface area contributed by atoms with Crippen LogP contribution in [-0.2, 0) is 11.3 Å². The molecule has 0 saturated carbocycles. The zero-order valence-electron chi connectivity index (χ0n) is 15.7. The van der Waals surface area contributed by atoms with Crippen LogP contribution in [0.2, 0.25) is 5.02 Å². The fraction of sp³-hybridized carbons (Fsp3) is 0.261. The maximum Gasteiger partial charge on any atom is 0.260 e. The van der Waals surface area contributed by atoms with Gasteiger partial charge in [-0.25, -0.2) is 0 Å². The Kier molecular flexibility index (Phi) is 5.79. The van der Waals surface area contributed by atoms with Crippen LogP contribution in [0.5, 0.6) is 5.75 Å². The van der Waals surface area contributed by atoms with Crippen LogP contribution in [-0.4, -0.2) is 43.6 Å². The van der Waals surface area contributed by atoms with Crippen molar-refractivity contribution < 1.29 is 14.4 Å². The molecule has 5 heteroatoms. The second-order valence-electron chi connectivity index (χ2n) is 7.24. The summed E-state index contributed by atoms with van der Waals surface area (Å²) in [5.74, 6) is 0.784. The van der Waals surface area contributed by atoms with Crippen molar-refractivity contribution in [2.24, 2.45) is 0 Å². The zero-order chi connectivity index (χ0) is 19.3. The van der Waals surface area contributed by atoms with Crippen LogP contribution in [0.25, 0.3) is 10.8 Å². The van der Waals surface area contributed by atoms with Gasteiger partial charge in [0.15, 0.2) is 6.61 Å². The standard InChI is InChI=1S/C23H23ClN2O2/c24-21-7-3-4-18(14-21)16-25-10-12-26(13-11-25)23(27)17-28-22-9-8-19-5-1-2-6-20(19)15-22/h1-9,14-15H,10-13,16-17H2/p+1. The number of quaternary nitrogens is 1. The number of piperazine rings is 1. The molecule has 3 aromatic carbocycles. The van der Waals surface area contributed by atoms with Gasteiger partial charge in [0.1, 0.15) is 12.3 Å². The summed E-state index contributed by atoms with van der Waals surface area (Å²) < 4.78 is 5.75. The molecule has 1 heterocycles. The molecule has 3 aromatic rings. The summed E-state index contributed by atoms with van der Waals surface area (Å²) in [5.41, 5.74) is 1.24. The molecule has 1 fully saturated rings. The molecule has 0 radical (unpaired) electrons. The van der Waals surface area contributed by atoms with E-state index < -0.39 is 0 Å². The number of hydrogen-bond donors (Lipinski definition) is 1. The highest BCUT2D eigenvalue weighted by atomic mass is 35.5. The SMILES string of the molecule is O=C(COc1ccc2ccccc2c1)N1CC[NH+](Cc2cccc(Cl)c2)CC1. The molecule has 1 saturated heterocycles. The lowest BCUT2D eigenvalue weighted by Crippen LogP contribution is -3.13. The van der Waals surface area contributed by atoms with Gasteiger partial charge in [-0.15, -0.1) is 0 Å². The highest BCUT2D eigenvalue weighted by Crippen LogP contribution is 2.20. The van der Waals surface area contributed by atoms with Crippen LogP contribution in [0, 0.1) is 0 Å². The van der Waals surface area contributed by atoms with Gasteiger partial charge in [-0.3, -0.25) is 4.79 Å². The number of benzene rings is 3. The largest absolute Gasteiger partial charge is 0.484 e. The number of amides is 1. The normalized spacial score (nSPS) is 15.0. The number of hydrogen-bond acceptors (Lipinski definition) is 2. The first-order chi connectivity index (χ1) is 13.7. The minimum atomic E-state index is 0.0509. The molecule has 28 heavy (non-hydrogen) atoms. The van der Waals surface area contributed by atoms with E-state index in [0.717, 1.165) is 48.9 Å². The molecule has 0 atom stereocenters. The van der Waals surface area contributed by atoms with Gasteiger partial charge in [-0.2, -0.15) is 0 Å². The van der Waals surface area contributed by atoms with Crippen molar-refractivity contribution in [3.8, 4) is 5.75 Å². The maximum atomic E-state index is 12.5. The molecule has 4 nitrogen and oxygen atoms in total. The van der Waals surface area contributed by atoms with Gasteiger partial charge >= 0.3 is 0 Å². The highest BCUT2D eigenvalue weighted by Gasteiger charge is 2.24. The first kappa shape index (κ1) is 18.8. The summed E-state index contributed by atoms with van der Waals surface area (Å²) in [6.45, 7) is 4.42. The Bertz CT molecular complexity index is 967. The van der Waals surface area contributed by atoms with Crippen molar-refractivity contribution >= 4 is 28.3 Å². The van der Waals surface area contributed by atoms with E-state index in [0.29, 0.717) is 0 Å². The lowest BCUT2D eigenvalue weighted by molar-refractivity contribution is -0.917. The van der Waals surface area contributed by atoms with E-state index in [1.807, 2.05) is 59.5 Å². The lowest BCUT2D eigenvalue weighted by Gasteiger charge is -2.32. The lowest BCUT2D eigenvalue weighted by atomic mass is 10.1. The van der Waals surface area contributed by atoms with Crippen molar-refractivity contribution in [1.82, 2.24) is 4.90 Å². The minimum Gasteiger partial charge on any atom is -0.484 e. The summed E-state index contributed by atoms with van der Waals surface area (Å²) in [6, 6.07) is 22.1. The molecule has 1 N–H and O–H groups in total. The van der Waals surface area contributed by atoms with E-state index >= 15 is 0 Å². The smallest absolute Gasteiger partial charge is 0.260 e. The predicted octanol–water partition coefficient (Wildman–Crippen LogP) is 2.80. The van der Waals surface area contributed by atoms with Gasteiger partial charge in [0.2, 0.25) is 0 Å². The first-order valence-corrected chi connectivity index (χ1v) is 10.0. The van der Waals surface area contributed by atoms with E-state index in [9.17, 15) is 4.79 Å². The second-order valence-corrected chi connectivity index (χ2v) is 7.67. The van der Waals surface area contributed by atoms with E-state index in [2.05, 4.69) is 12.1 Å². The van der Waals surface area contributed by atoms with E-state index in [-0.39, 0.29) is 12.5 Å². The monoisotopic (exact) mass is 395 g/mol. The summed E-state index contributed by atoms with van der Waals surface area (Å²) in [7, 11) is 0. The number of ether oxygens (including phenoxy) is 1. The number of nitrogens with zero attached hydrogens (tertiary/aromatic N) is 1. The summed E-state index contributed by atoms with van der Waals surface area (Å²) in [6.07, 6.45) is 0. The maximum absolute atomic E-state index is 12.5. The topological polar surface area (TPSA) is 34.0 Å². The van der Waals surface area contributed by atoms with Gasteiger partial charge in [-0.05, 0) is 35.0 Å². The first-order valence-electron chi connectivity index (χ1n) is 9.65. The number of nitrogens with one attached hydrogen (secondary N) is 1. The Morgan fingerprint density at radius 1 is 0.964 bits per heavy atom. The van der Waals surface area contributed by atoms with Crippen molar-refractivity contribution in [2.75, 3.05) is 32.8 Å². The summed E-state index contributed by atoms with van der Waals surface area (Å²) >= 11 is 6.07. The van der Waals surface area contributed by atoms with Gasteiger partial charge in [0.05, 0.1) is 26.2 Å². The summed E-state index contributed by atoms with van der Waals surface area (Å²) in [4.78, 5) is 15.9. The highest BCUT2D eigenvalue weighted by molar-refractivity contribution is 6.30. The average Bonchev–Trinajstić information content (AvgIpc) is 2.72. The molecule has 1 aliphatic rings. The average molecular weight is 396 g/mol. The fourth-order valence-electron chi connectivity index (χ4n) is 3.68. The van der Waals surface area contributed by atoms with Gasteiger partial charge in [0, 0.05) is 10.6 Å². The van der Waals surface area contributed by atoms with Gasteiger partial charge in [-0.1, -0.05) is 54.1 Å². The third kappa shape index (κ3) is 4.64. The number of fused-ring (bicyclic) bond motifs is 1. The Morgan fingerprint density at radius 3 is 2.54 bits per heavy atom. The Balaban J connectivity index is 1.26. The predicted molar refractivity (Wildman–Crippen MR) is 112 cm³/mol. The Hall–Kier alpha value is -2.56. The third-order valence-electron chi connectivity index (χ3n) is 5.25. The molecule has 1 aliphatic heterocycles. The third-order valence-corrected chi connectivity index (χ3v) is 5.48. The molecule has 0 unspecified atom stereocenters. The fourth-order valence-corrected chi connectivity index (χ4v) is 3.89. The Morgan fingerprint density at radius 2 is 1.75 bits per heavy atom. The Labute approximate surface area is 170 Å². The molecular weight excluding hydrogens is 372 g/mol. The molecule has 0 aromatic heterocycles. The van der Waals surface area contributed by atoms with Gasteiger partial charge in [0.25, 0.3) is 5.91 Å². The molecule has 1 amide bonds. The van der Waals surface area contributed by atoms with E-state index in [4.69, 9.17) is 16.3 Å². The van der Waals surface area contributed by atoms with Crippen LogP contribution < -0.4 is 9.64 Å². The molecule has 4 rings (SSSR count). The second kappa shape index (κ2) is 8.63. The van der Waals surface area contributed by atoms with Crippen LogP contribution in [0.3, 0.4) is 0 Å². The number of halogens is 1. The van der Waals surface area contributed by atoms with E-state index in [1.165, 1.54) is 15.8 Å². The minimum absolute atomic E-state index is 0.0509. The molecule has 0 spiro atoms. The molecule has 144 valence electrons. The van der Waals surface area contributed by atoms with E-state index in [1.54, 1.807) is 0 Å². The van der Waals surface area contributed by atoms with Crippen molar-refractivity contribution in [2.45, 2.75) is 6.54 Å². The van der Waals surface area contributed by atoms with Crippen LogP contribution in [0.15, 0.2) is 66.7 Å². The van der Waals surface area contributed by atoms with Crippen molar-refractivity contribution in [3.63, 3.8) is 0 Å². The molecule has 0 aliphatic carbocycles. The molecule has 0 bridgehead atoms. The molecular formula is C23H24ClN2O2+. The van der Waals surface area contributed by atoms with Crippen molar-refractivity contribution in [3.05, 3.63) is 77.3 Å². The van der Waals surface area contributed by atoms with Gasteiger partial charge < -0.3 is 14.5 Å². The van der Waals surface area contributed by atoms with Crippen LogP contribution in [0.1, 0.15) is 5.56 Å². The van der Waals surface area contributed by atoms with Crippen molar-refractivity contribution in [1.29, 1.82) is 0 Å². The number of carbonyl (C=O) groups is 1. The zero-order valence-corrected chi connectivity index (χ0v) is 16.5. The number of rotatable bonds is 5. The summed E-state index contributed by atoms with van der Waals surface area (Å²) in [5, 5.41) is 3.06. The number of carbonyl (C=O) groups excluding carboxylic acids is 1. The van der Waals surface area contributed by atoms with Crippen LogP contribution >= 0.6 is 11.6 Å².